The molecule has 2 amide bonds. The average Bonchev–Trinajstić information content (AvgIpc) is 3.51. The first-order chi connectivity index (χ1) is 18.5. The molecule has 1 fully saturated rings. The minimum atomic E-state index is -0.292. The number of carbonyl (C=O) groups excluding carboxylic acids is 2. The Hall–Kier alpha value is -4.11. The number of amides is 2. The van der Waals surface area contributed by atoms with Crippen LogP contribution < -0.4 is 4.90 Å². The first-order valence-electron chi connectivity index (χ1n) is 12.5. The number of hydrogen-bond donors (Lipinski definition) is 0. The maximum absolute atomic E-state index is 13.3. The monoisotopic (exact) mass is 529 g/mol. The van der Waals surface area contributed by atoms with Gasteiger partial charge in [0, 0.05) is 31.7 Å². The molecule has 1 aliphatic heterocycles. The van der Waals surface area contributed by atoms with Crippen molar-refractivity contribution < 1.29 is 14.0 Å². The van der Waals surface area contributed by atoms with Crippen molar-refractivity contribution in [3.63, 3.8) is 0 Å². The van der Waals surface area contributed by atoms with Crippen LogP contribution in [0.1, 0.15) is 28.2 Å². The third kappa shape index (κ3) is 5.73. The Bertz CT molecular complexity index is 1360. The summed E-state index contributed by atoms with van der Waals surface area (Å²) in [4.78, 5) is 32.9. The highest BCUT2D eigenvalue weighted by Gasteiger charge is 2.29. The molecule has 4 aromatic rings. The summed E-state index contributed by atoms with van der Waals surface area (Å²) >= 11 is 1.38. The summed E-state index contributed by atoms with van der Waals surface area (Å²) in [6.07, 6.45) is 0. The van der Waals surface area contributed by atoms with Crippen LogP contribution >= 0.6 is 11.3 Å². The van der Waals surface area contributed by atoms with Gasteiger partial charge in [-0.2, -0.15) is 0 Å². The molecule has 7 nitrogen and oxygen atoms in total. The summed E-state index contributed by atoms with van der Waals surface area (Å²) in [5.74, 6) is 0.226. The van der Waals surface area contributed by atoms with Gasteiger partial charge in [-0.1, -0.05) is 36.4 Å². The van der Waals surface area contributed by atoms with Crippen LogP contribution in [-0.4, -0.2) is 64.5 Å². The smallest absolute Gasteiger partial charge is 0.264 e. The fourth-order valence-corrected chi connectivity index (χ4v) is 5.22. The lowest BCUT2D eigenvalue weighted by Gasteiger charge is -2.37. The number of halogens is 1. The number of piperazine rings is 1. The van der Waals surface area contributed by atoms with Crippen molar-refractivity contribution in [2.45, 2.75) is 13.0 Å². The Kier molecular flexibility index (Phi) is 7.74. The van der Waals surface area contributed by atoms with E-state index in [1.54, 1.807) is 23.1 Å². The molecule has 194 valence electrons. The maximum Gasteiger partial charge on any atom is 0.264 e. The van der Waals surface area contributed by atoms with Crippen LogP contribution in [0.2, 0.25) is 0 Å². The number of thiophene rings is 1. The van der Waals surface area contributed by atoms with Gasteiger partial charge in [0.2, 0.25) is 5.91 Å². The van der Waals surface area contributed by atoms with Crippen LogP contribution in [0, 0.1) is 5.82 Å². The standard InChI is InChI=1S/C29H28FN5O2S/c1-21(22-6-3-2-4-7-22)35(29(37)26-8-5-19-38-26)20-28(36)34-17-15-33(16-18-34)27-14-13-25(31-32-27)23-9-11-24(30)12-10-23/h2-14,19,21H,15-18,20H2,1H3/t21-/m0/s1. The van der Waals surface area contributed by atoms with Gasteiger partial charge >= 0.3 is 0 Å². The Morgan fingerprint density at radius 3 is 2.29 bits per heavy atom. The molecular formula is C29H28FN5O2S. The van der Waals surface area contributed by atoms with Gasteiger partial charge in [0.1, 0.15) is 12.4 Å². The summed E-state index contributed by atoms with van der Waals surface area (Å²) < 4.78 is 13.2. The van der Waals surface area contributed by atoms with Gasteiger partial charge in [-0.05, 0) is 60.3 Å². The second kappa shape index (κ2) is 11.5. The van der Waals surface area contributed by atoms with Crippen LogP contribution in [0.25, 0.3) is 11.3 Å². The minimum Gasteiger partial charge on any atom is -0.352 e. The van der Waals surface area contributed by atoms with Crippen LogP contribution in [0.15, 0.2) is 84.2 Å². The summed E-state index contributed by atoms with van der Waals surface area (Å²) in [7, 11) is 0. The lowest BCUT2D eigenvalue weighted by Crippen LogP contribution is -2.52. The zero-order chi connectivity index (χ0) is 26.5. The van der Waals surface area contributed by atoms with E-state index in [0.29, 0.717) is 36.8 Å². The van der Waals surface area contributed by atoms with Crippen molar-refractivity contribution in [1.29, 1.82) is 0 Å². The van der Waals surface area contributed by atoms with E-state index < -0.39 is 0 Å². The van der Waals surface area contributed by atoms with E-state index in [2.05, 4.69) is 15.1 Å². The molecule has 2 aromatic carbocycles. The zero-order valence-corrected chi connectivity index (χ0v) is 21.9. The van der Waals surface area contributed by atoms with Gasteiger partial charge in [-0.15, -0.1) is 21.5 Å². The molecule has 1 aliphatic rings. The molecule has 0 bridgehead atoms. The number of hydrogen-bond acceptors (Lipinski definition) is 6. The maximum atomic E-state index is 13.3. The first kappa shape index (κ1) is 25.5. The van der Waals surface area contributed by atoms with Crippen molar-refractivity contribution in [1.82, 2.24) is 20.0 Å². The topological polar surface area (TPSA) is 69.6 Å². The van der Waals surface area contributed by atoms with Crippen molar-refractivity contribution in [3.05, 3.63) is 101 Å². The quantitative estimate of drug-likeness (QED) is 0.341. The summed E-state index contributed by atoms with van der Waals surface area (Å²) in [5, 5.41) is 10.5. The molecule has 1 atom stereocenters. The van der Waals surface area contributed by atoms with E-state index in [0.717, 1.165) is 16.9 Å². The van der Waals surface area contributed by atoms with E-state index >= 15 is 0 Å². The number of carbonyl (C=O) groups is 2. The number of nitrogens with zero attached hydrogens (tertiary/aromatic N) is 5. The van der Waals surface area contributed by atoms with E-state index in [9.17, 15) is 14.0 Å². The SMILES string of the molecule is C[C@@H](c1ccccc1)N(CC(=O)N1CCN(c2ccc(-c3ccc(F)cc3)nn2)CC1)C(=O)c1cccs1. The highest BCUT2D eigenvalue weighted by molar-refractivity contribution is 7.12. The molecule has 38 heavy (non-hydrogen) atoms. The first-order valence-corrected chi connectivity index (χ1v) is 13.4. The largest absolute Gasteiger partial charge is 0.352 e. The number of benzene rings is 2. The van der Waals surface area contributed by atoms with Gasteiger partial charge in [0.15, 0.2) is 5.82 Å². The van der Waals surface area contributed by atoms with Gasteiger partial charge in [-0.25, -0.2) is 4.39 Å². The van der Waals surface area contributed by atoms with Crippen molar-refractivity contribution >= 4 is 29.0 Å². The van der Waals surface area contributed by atoms with Gasteiger partial charge in [0.25, 0.3) is 5.91 Å². The molecule has 0 aliphatic carbocycles. The molecular weight excluding hydrogens is 501 g/mol. The van der Waals surface area contributed by atoms with Gasteiger partial charge in [-0.3, -0.25) is 9.59 Å². The third-order valence-electron chi connectivity index (χ3n) is 6.79. The minimum absolute atomic E-state index is 0.0129. The predicted molar refractivity (Wildman–Crippen MR) is 146 cm³/mol. The van der Waals surface area contributed by atoms with Crippen molar-refractivity contribution in [2.24, 2.45) is 0 Å². The molecule has 1 saturated heterocycles. The molecule has 2 aromatic heterocycles. The fraction of sp³-hybridized carbons (Fsp3) is 0.241. The van der Waals surface area contributed by atoms with E-state index in [-0.39, 0.29) is 30.2 Å². The average molecular weight is 530 g/mol. The fourth-order valence-electron chi connectivity index (χ4n) is 4.54. The second-order valence-corrected chi connectivity index (χ2v) is 10.1. The Balaban J connectivity index is 1.22. The molecule has 0 radical (unpaired) electrons. The van der Waals surface area contributed by atoms with Gasteiger partial charge < -0.3 is 14.7 Å². The summed E-state index contributed by atoms with van der Waals surface area (Å²) in [6, 6.07) is 23.1. The molecule has 0 N–H and O–H groups in total. The summed E-state index contributed by atoms with van der Waals surface area (Å²) in [6.45, 7) is 4.26. The molecule has 5 rings (SSSR count). The van der Waals surface area contributed by atoms with Crippen LogP contribution in [0.5, 0.6) is 0 Å². The Labute approximate surface area is 225 Å². The lowest BCUT2D eigenvalue weighted by molar-refractivity contribution is -0.132. The van der Waals surface area contributed by atoms with Crippen molar-refractivity contribution in [3.8, 4) is 11.3 Å². The lowest BCUT2D eigenvalue weighted by atomic mass is 10.1. The molecule has 9 heteroatoms. The summed E-state index contributed by atoms with van der Waals surface area (Å²) in [5.41, 5.74) is 2.45. The normalized spacial score (nSPS) is 14.3. The van der Waals surface area contributed by atoms with E-state index in [1.165, 1.54) is 23.5 Å². The number of aromatic nitrogens is 2. The second-order valence-electron chi connectivity index (χ2n) is 9.15. The van der Waals surface area contributed by atoms with Crippen LogP contribution in [0.4, 0.5) is 10.2 Å². The predicted octanol–water partition coefficient (Wildman–Crippen LogP) is 4.90. The van der Waals surface area contributed by atoms with Crippen molar-refractivity contribution in [2.75, 3.05) is 37.6 Å². The van der Waals surface area contributed by atoms with E-state index in [4.69, 9.17) is 0 Å². The van der Waals surface area contributed by atoms with Crippen LogP contribution in [0.3, 0.4) is 0 Å². The van der Waals surface area contributed by atoms with Crippen LogP contribution in [-0.2, 0) is 4.79 Å². The zero-order valence-electron chi connectivity index (χ0n) is 21.0. The Morgan fingerprint density at radius 1 is 0.921 bits per heavy atom. The molecule has 0 unspecified atom stereocenters. The highest BCUT2D eigenvalue weighted by Crippen LogP contribution is 2.25. The molecule has 0 spiro atoms. The van der Waals surface area contributed by atoms with Gasteiger partial charge in [0.05, 0.1) is 16.6 Å². The number of rotatable bonds is 7. The third-order valence-corrected chi connectivity index (χ3v) is 7.65. The molecule has 0 saturated carbocycles. The number of anilines is 1. The Morgan fingerprint density at radius 2 is 1.66 bits per heavy atom. The van der Waals surface area contributed by atoms with E-state index in [1.807, 2.05) is 65.7 Å². The molecule has 3 heterocycles. The highest BCUT2D eigenvalue weighted by atomic mass is 32.1.